The lowest BCUT2D eigenvalue weighted by Gasteiger charge is -2.21. The molecule has 0 aromatic heterocycles. The van der Waals surface area contributed by atoms with Gasteiger partial charge in [-0.25, -0.2) is 0 Å². The van der Waals surface area contributed by atoms with Crippen LogP contribution in [0.1, 0.15) is 51.3 Å². The van der Waals surface area contributed by atoms with Gasteiger partial charge in [0.25, 0.3) is 0 Å². The van der Waals surface area contributed by atoms with Crippen LogP contribution in [-0.4, -0.2) is 12.6 Å². The lowest BCUT2D eigenvalue weighted by Crippen LogP contribution is -2.22. The van der Waals surface area contributed by atoms with E-state index in [0.29, 0.717) is 18.1 Å². The monoisotopic (exact) mass is 247 g/mol. The predicted octanol–water partition coefficient (Wildman–Crippen LogP) is 3.71. The molecule has 0 saturated carbocycles. The molecule has 0 fully saturated rings. The Morgan fingerprint density at radius 3 is 2.83 bits per heavy atom. The average molecular weight is 247 g/mol. The molecule has 0 aliphatic carbocycles. The van der Waals surface area contributed by atoms with E-state index in [4.69, 9.17) is 4.74 Å². The zero-order valence-electron chi connectivity index (χ0n) is 12.0. The van der Waals surface area contributed by atoms with Gasteiger partial charge in [-0.3, -0.25) is 0 Å². The largest absolute Gasteiger partial charge is 0.490 e. The molecule has 2 atom stereocenters. The summed E-state index contributed by atoms with van der Waals surface area (Å²) in [5.74, 6) is 1.78. The standard InChI is InChI=1S/C16H25NO/c1-5-17-15(8-11(2)3)13-6-7-16-14(10-13)9-12(4)18-16/h6-7,10-12,15,17H,5,8-9H2,1-4H3. The van der Waals surface area contributed by atoms with Crippen molar-refractivity contribution in [2.24, 2.45) is 5.92 Å². The van der Waals surface area contributed by atoms with Crippen LogP contribution in [0.15, 0.2) is 18.2 Å². The third-order valence-corrected chi connectivity index (χ3v) is 3.48. The fourth-order valence-corrected chi connectivity index (χ4v) is 2.71. The minimum absolute atomic E-state index is 0.331. The molecule has 1 aromatic rings. The maximum Gasteiger partial charge on any atom is 0.123 e. The van der Waals surface area contributed by atoms with Gasteiger partial charge in [-0.05, 0) is 43.0 Å². The zero-order chi connectivity index (χ0) is 13.1. The minimum atomic E-state index is 0.331. The van der Waals surface area contributed by atoms with Gasteiger partial charge < -0.3 is 10.1 Å². The molecule has 1 aliphatic rings. The highest BCUT2D eigenvalue weighted by Gasteiger charge is 2.21. The van der Waals surface area contributed by atoms with E-state index in [-0.39, 0.29) is 0 Å². The van der Waals surface area contributed by atoms with E-state index in [1.54, 1.807) is 0 Å². The summed E-state index contributed by atoms with van der Waals surface area (Å²) in [7, 11) is 0. The number of fused-ring (bicyclic) bond motifs is 1. The van der Waals surface area contributed by atoms with Gasteiger partial charge in [0.05, 0.1) is 0 Å². The SMILES string of the molecule is CCNC(CC(C)C)c1ccc2c(c1)CC(C)O2. The Bertz CT molecular complexity index is 400. The Hall–Kier alpha value is -1.02. The number of ether oxygens (including phenoxy) is 1. The Labute approximate surface area is 111 Å². The normalized spacial score (nSPS) is 19.7. The smallest absolute Gasteiger partial charge is 0.123 e. The van der Waals surface area contributed by atoms with Crippen LogP contribution in [0.25, 0.3) is 0 Å². The first-order valence-corrected chi connectivity index (χ1v) is 7.13. The molecule has 2 heteroatoms. The molecule has 1 heterocycles. The van der Waals surface area contributed by atoms with Gasteiger partial charge in [0.15, 0.2) is 0 Å². The van der Waals surface area contributed by atoms with Crippen LogP contribution in [0.4, 0.5) is 0 Å². The van der Waals surface area contributed by atoms with Crippen LogP contribution in [0.5, 0.6) is 5.75 Å². The first-order chi connectivity index (χ1) is 8.60. The minimum Gasteiger partial charge on any atom is -0.490 e. The van der Waals surface area contributed by atoms with E-state index in [9.17, 15) is 0 Å². The van der Waals surface area contributed by atoms with Crippen molar-refractivity contribution in [3.05, 3.63) is 29.3 Å². The second-order valence-corrected chi connectivity index (χ2v) is 5.74. The van der Waals surface area contributed by atoms with E-state index in [1.165, 1.54) is 17.5 Å². The number of rotatable bonds is 5. The maximum atomic E-state index is 5.76. The highest BCUT2D eigenvalue weighted by atomic mass is 16.5. The number of benzene rings is 1. The molecule has 0 bridgehead atoms. The van der Waals surface area contributed by atoms with Crippen LogP contribution in [0, 0.1) is 5.92 Å². The fraction of sp³-hybridized carbons (Fsp3) is 0.625. The summed E-state index contributed by atoms with van der Waals surface area (Å²) in [6.07, 6.45) is 2.56. The topological polar surface area (TPSA) is 21.3 Å². The lowest BCUT2D eigenvalue weighted by atomic mass is 9.95. The molecule has 1 aliphatic heterocycles. The van der Waals surface area contributed by atoms with Gasteiger partial charge in [0.2, 0.25) is 0 Å². The average Bonchev–Trinajstić information content (AvgIpc) is 2.66. The van der Waals surface area contributed by atoms with Crippen molar-refractivity contribution in [1.82, 2.24) is 5.32 Å². The lowest BCUT2D eigenvalue weighted by molar-refractivity contribution is 0.254. The molecule has 0 saturated heterocycles. The van der Waals surface area contributed by atoms with Crippen molar-refractivity contribution < 1.29 is 4.74 Å². The van der Waals surface area contributed by atoms with E-state index in [1.807, 2.05) is 0 Å². The first kappa shape index (κ1) is 13.4. The summed E-state index contributed by atoms with van der Waals surface area (Å²) in [5.41, 5.74) is 2.77. The predicted molar refractivity (Wildman–Crippen MR) is 76.1 cm³/mol. The van der Waals surface area contributed by atoms with Gasteiger partial charge in [-0.2, -0.15) is 0 Å². The van der Waals surface area contributed by atoms with Gasteiger partial charge >= 0.3 is 0 Å². The second kappa shape index (κ2) is 5.75. The van der Waals surface area contributed by atoms with Crippen LogP contribution in [-0.2, 0) is 6.42 Å². The van der Waals surface area contributed by atoms with Gasteiger partial charge in [0, 0.05) is 12.5 Å². The summed E-state index contributed by atoms with van der Waals surface area (Å²) < 4.78 is 5.76. The number of hydrogen-bond acceptors (Lipinski definition) is 2. The highest BCUT2D eigenvalue weighted by molar-refractivity contribution is 5.41. The Balaban J connectivity index is 2.18. The van der Waals surface area contributed by atoms with E-state index >= 15 is 0 Å². The number of hydrogen-bond donors (Lipinski definition) is 1. The summed E-state index contributed by atoms with van der Waals surface area (Å²) in [6, 6.07) is 7.15. The van der Waals surface area contributed by atoms with Crippen molar-refractivity contribution in [3.8, 4) is 5.75 Å². The van der Waals surface area contributed by atoms with Gasteiger partial charge in [-0.1, -0.05) is 32.9 Å². The molecule has 1 N–H and O–H groups in total. The van der Waals surface area contributed by atoms with Crippen molar-refractivity contribution >= 4 is 0 Å². The molecule has 100 valence electrons. The molecule has 2 unspecified atom stereocenters. The molecule has 0 amide bonds. The van der Waals surface area contributed by atoms with Crippen LogP contribution < -0.4 is 10.1 Å². The van der Waals surface area contributed by atoms with Crippen LogP contribution >= 0.6 is 0 Å². The summed E-state index contributed by atoms with van der Waals surface area (Å²) in [6.45, 7) is 9.88. The molecule has 2 rings (SSSR count). The summed E-state index contributed by atoms with van der Waals surface area (Å²) in [5, 5.41) is 3.59. The molecule has 2 nitrogen and oxygen atoms in total. The fourth-order valence-electron chi connectivity index (χ4n) is 2.71. The first-order valence-electron chi connectivity index (χ1n) is 7.13. The van der Waals surface area contributed by atoms with E-state index < -0.39 is 0 Å². The summed E-state index contributed by atoms with van der Waals surface area (Å²) >= 11 is 0. The molecular weight excluding hydrogens is 222 g/mol. The molecular formula is C16H25NO. The van der Waals surface area contributed by atoms with Crippen molar-refractivity contribution in [1.29, 1.82) is 0 Å². The van der Waals surface area contributed by atoms with Gasteiger partial charge in [-0.15, -0.1) is 0 Å². The van der Waals surface area contributed by atoms with E-state index in [0.717, 1.165) is 18.7 Å². The Kier molecular flexibility index (Phi) is 4.28. The highest BCUT2D eigenvalue weighted by Crippen LogP contribution is 2.32. The summed E-state index contributed by atoms with van der Waals surface area (Å²) in [4.78, 5) is 0. The zero-order valence-corrected chi connectivity index (χ0v) is 12.0. The van der Waals surface area contributed by atoms with Crippen molar-refractivity contribution in [2.45, 2.75) is 52.7 Å². The molecule has 1 aromatic carbocycles. The Morgan fingerprint density at radius 1 is 1.39 bits per heavy atom. The van der Waals surface area contributed by atoms with Crippen LogP contribution in [0.3, 0.4) is 0 Å². The third kappa shape index (κ3) is 3.05. The quantitative estimate of drug-likeness (QED) is 0.856. The van der Waals surface area contributed by atoms with E-state index in [2.05, 4.69) is 51.2 Å². The second-order valence-electron chi connectivity index (χ2n) is 5.74. The maximum absolute atomic E-state index is 5.76. The Morgan fingerprint density at radius 2 is 2.17 bits per heavy atom. The van der Waals surface area contributed by atoms with Crippen molar-refractivity contribution in [3.63, 3.8) is 0 Å². The van der Waals surface area contributed by atoms with Gasteiger partial charge in [0.1, 0.15) is 11.9 Å². The van der Waals surface area contributed by atoms with Crippen molar-refractivity contribution in [2.75, 3.05) is 6.54 Å². The third-order valence-electron chi connectivity index (χ3n) is 3.48. The molecule has 0 spiro atoms. The van der Waals surface area contributed by atoms with Crippen LogP contribution in [0.2, 0.25) is 0 Å². The molecule has 18 heavy (non-hydrogen) atoms. The molecule has 0 radical (unpaired) electrons. The number of nitrogens with one attached hydrogen (secondary N) is 1.